The van der Waals surface area contributed by atoms with Gasteiger partial charge in [0.25, 0.3) is 5.91 Å². The van der Waals surface area contributed by atoms with Crippen molar-refractivity contribution in [3.8, 4) is 0 Å². The van der Waals surface area contributed by atoms with Crippen LogP contribution in [0.1, 0.15) is 13.8 Å². The van der Waals surface area contributed by atoms with Crippen molar-refractivity contribution in [1.29, 1.82) is 0 Å². The molecule has 0 aromatic rings. The van der Waals surface area contributed by atoms with Crippen LogP contribution in [0.25, 0.3) is 0 Å². The predicted molar refractivity (Wildman–Crippen MR) is 57.0 cm³/mol. The van der Waals surface area contributed by atoms with Crippen molar-refractivity contribution < 1.29 is 19.4 Å². The Morgan fingerprint density at radius 2 is 2.19 bits per heavy atom. The molecule has 1 amide bonds. The van der Waals surface area contributed by atoms with Gasteiger partial charge in [-0.2, -0.15) is 0 Å². The molecule has 3 N–H and O–H groups in total. The molecule has 1 aliphatic heterocycles. The molecular weight excluding hydrogens is 212 g/mol. The average Bonchev–Trinajstić information content (AvgIpc) is 2.28. The first kappa shape index (κ1) is 12.9. The predicted octanol–water partition coefficient (Wildman–Crippen LogP) is -0.800. The molecule has 0 saturated carbocycles. The second kappa shape index (κ2) is 5.81. The lowest BCUT2D eigenvalue weighted by Crippen LogP contribution is -2.51. The molecule has 0 bridgehead atoms. The van der Waals surface area contributed by atoms with Gasteiger partial charge < -0.3 is 20.5 Å². The second-order valence-electron chi connectivity index (χ2n) is 3.99. The van der Waals surface area contributed by atoms with Gasteiger partial charge >= 0.3 is 5.97 Å². The van der Waals surface area contributed by atoms with Gasteiger partial charge in [0, 0.05) is 19.1 Å². The first-order valence-corrected chi connectivity index (χ1v) is 5.38. The van der Waals surface area contributed by atoms with Gasteiger partial charge in [-0.3, -0.25) is 9.59 Å². The number of hydrogen-bond donors (Lipinski definition) is 3. The van der Waals surface area contributed by atoms with Gasteiger partial charge in [-0.15, -0.1) is 0 Å². The van der Waals surface area contributed by atoms with E-state index in [9.17, 15) is 9.59 Å². The number of carbonyl (C=O) groups excluding carboxylic acids is 1. The highest BCUT2D eigenvalue weighted by Gasteiger charge is 2.26. The summed E-state index contributed by atoms with van der Waals surface area (Å²) in [6, 6.07) is -0.407. The van der Waals surface area contributed by atoms with Crippen LogP contribution in [0.2, 0.25) is 0 Å². The third kappa shape index (κ3) is 3.46. The zero-order valence-corrected chi connectivity index (χ0v) is 9.53. The molecule has 0 radical (unpaired) electrons. The van der Waals surface area contributed by atoms with Crippen LogP contribution in [0.5, 0.6) is 0 Å². The lowest BCUT2D eigenvalue weighted by atomic mass is 10.0. The molecule has 16 heavy (non-hydrogen) atoms. The Hall–Kier alpha value is -1.14. The first-order valence-electron chi connectivity index (χ1n) is 5.38. The fourth-order valence-corrected chi connectivity index (χ4v) is 1.39. The van der Waals surface area contributed by atoms with Crippen molar-refractivity contribution >= 4 is 11.9 Å². The number of amides is 1. The molecule has 1 rings (SSSR count). The van der Waals surface area contributed by atoms with Gasteiger partial charge in [-0.1, -0.05) is 0 Å². The van der Waals surface area contributed by atoms with E-state index in [4.69, 9.17) is 9.84 Å². The Morgan fingerprint density at radius 3 is 2.69 bits per heavy atom. The maximum atomic E-state index is 11.7. The minimum atomic E-state index is -0.921. The molecule has 1 fully saturated rings. The average molecular weight is 230 g/mol. The number of carboxylic acids is 1. The number of rotatable bonds is 4. The molecule has 0 spiro atoms. The van der Waals surface area contributed by atoms with Crippen molar-refractivity contribution in [3.63, 3.8) is 0 Å². The van der Waals surface area contributed by atoms with Crippen LogP contribution in [0.3, 0.4) is 0 Å². The van der Waals surface area contributed by atoms with Crippen molar-refractivity contribution in [2.75, 3.05) is 19.7 Å². The highest BCUT2D eigenvalue weighted by molar-refractivity contribution is 5.82. The van der Waals surface area contributed by atoms with E-state index in [2.05, 4.69) is 10.6 Å². The molecule has 1 heterocycles. The Morgan fingerprint density at radius 1 is 1.50 bits per heavy atom. The van der Waals surface area contributed by atoms with E-state index in [1.54, 1.807) is 13.8 Å². The van der Waals surface area contributed by atoms with E-state index in [-0.39, 0.29) is 5.91 Å². The summed E-state index contributed by atoms with van der Waals surface area (Å²) in [6.45, 7) is 4.95. The van der Waals surface area contributed by atoms with Gasteiger partial charge in [0.1, 0.15) is 6.10 Å². The number of ether oxygens (including phenoxy) is 1. The quantitative estimate of drug-likeness (QED) is 0.588. The summed E-state index contributed by atoms with van der Waals surface area (Å²) in [5, 5.41) is 14.5. The standard InChI is InChI=1S/C10H18N2O4/c1-6(10(14)15)7(2)12-9(13)8-5-11-3-4-16-8/h6-8,11H,3-5H2,1-2H3,(H,12,13)(H,14,15). The number of carbonyl (C=O) groups is 2. The zero-order valence-electron chi connectivity index (χ0n) is 9.53. The maximum Gasteiger partial charge on any atom is 0.308 e. The Kier molecular flexibility index (Phi) is 4.70. The lowest BCUT2D eigenvalue weighted by Gasteiger charge is -2.25. The normalized spacial score (nSPS) is 24.5. The van der Waals surface area contributed by atoms with Gasteiger partial charge in [0.05, 0.1) is 12.5 Å². The van der Waals surface area contributed by atoms with Gasteiger partial charge in [0.15, 0.2) is 0 Å². The van der Waals surface area contributed by atoms with E-state index < -0.39 is 24.0 Å². The van der Waals surface area contributed by atoms with E-state index in [0.717, 1.165) is 6.54 Å². The molecule has 3 atom stereocenters. The van der Waals surface area contributed by atoms with Crippen molar-refractivity contribution in [3.05, 3.63) is 0 Å². The highest BCUT2D eigenvalue weighted by atomic mass is 16.5. The largest absolute Gasteiger partial charge is 0.481 e. The van der Waals surface area contributed by atoms with E-state index in [1.807, 2.05) is 0 Å². The highest BCUT2D eigenvalue weighted by Crippen LogP contribution is 2.04. The van der Waals surface area contributed by atoms with Crippen LogP contribution in [-0.4, -0.2) is 48.8 Å². The molecule has 6 heteroatoms. The summed E-state index contributed by atoms with van der Waals surface area (Å²) in [5.74, 6) is -1.79. The molecule has 6 nitrogen and oxygen atoms in total. The first-order chi connectivity index (χ1) is 7.52. The lowest BCUT2D eigenvalue weighted by molar-refractivity contribution is -0.143. The van der Waals surface area contributed by atoms with Crippen LogP contribution >= 0.6 is 0 Å². The summed E-state index contributed by atoms with van der Waals surface area (Å²) >= 11 is 0. The van der Waals surface area contributed by atoms with Gasteiger partial charge in [0.2, 0.25) is 0 Å². The van der Waals surface area contributed by atoms with Crippen LogP contribution in [0, 0.1) is 5.92 Å². The number of aliphatic carboxylic acids is 1. The second-order valence-corrected chi connectivity index (χ2v) is 3.99. The number of hydrogen-bond acceptors (Lipinski definition) is 4. The summed E-state index contributed by atoms with van der Waals surface area (Å²) in [5.41, 5.74) is 0. The Balaban J connectivity index is 2.40. The van der Waals surface area contributed by atoms with E-state index >= 15 is 0 Å². The molecular formula is C10H18N2O4. The third-order valence-electron chi connectivity index (χ3n) is 2.73. The maximum absolute atomic E-state index is 11.7. The van der Waals surface area contributed by atoms with Crippen LogP contribution in [-0.2, 0) is 14.3 Å². The van der Waals surface area contributed by atoms with Crippen LogP contribution in [0.4, 0.5) is 0 Å². The number of carboxylic acid groups (broad SMARTS) is 1. The smallest absolute Gasteiger partial charge is 0.308 e. The van der Waals surface area contributed by atoms with E-state index in [1.165, 1.54) is 0 Å². The molecule has 1 saturated heterocycles. The summed E-state index contributed by atoms with van der Waals surface area (Å²) in [7, 11) is 0. The van der Waals surface area contributed by atoms with Crippen molar-refractivity contribution in [2.45, 2.75) is 26.0 Å². The molecule has 3 unspecified atom stereocenters. The molecule has 0 aliphatic carbocycles. The SMILES string of the molecule is CC(NC(=O)C1CNCCO1)C(C)C(=O)O. The monoisotopic (exact) mass is 230 g/mol. The van der Waals surface area contributed by atoms with Crippen LogP contribution < -0.4 is 10.6 Å². The van der Waals surface area contributed by atoms with Gasteiger partial charge in [-0.05, 0) is 13.8 Å². The minimum Gasteiger partial charge on any atom is -0.481 e. The fourth-order valence-electron chi connectivity index (χ4n) is 1.39. The van der Waals surface area contributed by atoms with Crippen LogP contribution in [0.15, 0.2) is 0 Å². The molecule has 92 valence electrons. The molecule has 0 aromatic heterocycles. The number of nitrogens with one attached hydrogen (secondary N) is 2. The topological polar surface area (TPSA) is 87.7 Å². The Labute approximate surface area is 94.3 Å². The molecule has 0 aromatic carbocycles. The third-order valence-corrected chi connectivity index (χ3v) is 2.73. The summed E-state index contributed by atoms with van der Waals surface area (Å²) in [4.78, 5) is 22.4. The minimum absolute atomic E-state index is 0.257. The van der Waals surface area contributed by atoms with Gasteiger partial charge in [-0.25, -0.2) is 0 Å². The zero-order chi connectivity index (χ0) is 12.1. The molecule has 1 aliphatic rings. The van der Waals surface area contributed by atoms with Crippen molar-refractivity contribution in [1.82, 2.24) is 10.6 Å². The number of morpholine rings is 1. The summed E-state index contributed by atoms with van der Waals surface area (Å²) < 4.78 is 5.26. The Bertz CT molecular complexity index is 264. The summed E-state index contributed by atoms with van der Waals surface area (Å²) in [6.07, 6.45) is -0.516. The fraction of sp³-hybridized carbons (Fsp3) is 0.800. The van der Waals surface area contributed by atoms with Crippen molar-refractivity contribution in [2.24, 2.45) is 5.92 Å². The van der Waals surface area contributed by atoms with E-state index in [0.29, 0.717) is 13.2 Å².